The molecule has 0 bridgehead atoms. The highest BCUT2D eigenvalue weighted by atomic mass is 16.5. The zero-order valence-electron chi connectivity index (χ0n) is 19.8. The van der Waals surface area contributed by atoms with Crippen molar-refractivity contribution in [2.45, 2.75) is 6.42 Å². The number of amides is 1. The van der Waals surface area contributed by atoms with Crippen LogP contribution in [0.15, 0.2) is 66.9 Å². The Bertz CT molecular complexity index is 1280. The highest BCUT2D eigenvalue weighted by Crippen LogP contribution is 2.20. The first-order valence-electron chi connectivity index (χ1n) is 11.9. The van der Waals surface area contributed by atoms with Crippen LogP contribution in [-0.4, -0.2) is 77.2 Å². The predicted molar refractivity (Wildman–Crippen MR) is 135 cm³/mol. The minimum Gasteiger partial charge on any atom is -0.497 e. The monoisotopic (exact) mass is 471 g/mol. The van der Waals surface area contributed by atoms with E-state index >= 15 is 0 Å². The van der Waals surface area contributed by atoms with Gasteiger partial charge in [-0.05, 0) is 67.6 Å². The van der Waals surface area contributed by atoms with E-state index in [0.29, 0.717) is 23.3 Å². The summed E-state index contributed by atoms with van der Waals surface area (Å²) in [5.74, 6) is 0.790. The molecule has 0 unspecified atom stereocenters. The molecule has 4 aromatic rings. The molecular formula is C26H29N7O2. The topological polar surface area (TPSA) is 88.4 Å². The Balaban J connectivity index is 1.08. The standard InChI is InChI=1S/C26H29N7O2/c1-35-23-10-8-21(9-11-23)32-17-15-31(16-18-32)14-4-13-28-26(34)20-5-2-6-22(19-20)33-25-24(29-30-33)7-3-12-27-25/h2-3,5-12,19H,4,13-18H2,1H3,(H,28,34). The van der Waals surface area contributed by atoms with Crippen LogP contribution < -0.4 is 15.0 Å². The number of piperazine rings is 1. The molecule has 1 aliphatic heterocycles. The molecule has 1 amide bonds. The van der Waals surface area contributed by atoms with Gasteiger partial charge in [-0.1, -0.05) is 11.3 Å². The lowest BCUT2D eigenvalue weighted by Crippen LogP contribution is -2.47. The zero-order valence-corrected chi connectivity index (χ0v) is 19.8. The van der Waals surface area contributed by atoms with Gasteiger partial charge in [-0.15, -0.1) is 5.10 Å². The maximum absolute atomic E-state index is 12.7. The SMILES string of the molecule is COc1ccc(N2CCN(CCCNC(=O)c3cccc(-n4nnc5cccnc54)c3)CC2)cc1. The van der Waals surface area contributed by atoms with E-state index in [9.17, 15) is 4.79 Å². The number of ether oxygens (including phenoxy) is 1. The number of carbonyl (C=O) groups is 1. The first-order valence-corrected chi connectivity index (χ1v) is 11.9. The Labute approximate surface area is 204 Å². The van der Waals surface area contributed by atoms with Crippen LogP contribution in [0.5, 0.6) is 5.75 Å². The van der Waals surface area contributed by atoms with Gasteiger partial charge in [0.25, 0.3) is 5.91 Å². The quantitative estimate of drug-likeness (QED) is 0.395. The van der Waals surface area contributed by atoms with Gasteiger partial charge in [0.1, 0.15) is 11.3 Å². The maximum atomic E-state index is 12.7. The van der Waals surface area contributed by atoms with Gasteiger partial charge in [0, 0.05) is 50.2 Å². The van der Waals surface area contributed by atoms with Gasteiger partial charge < -0.3 is 15.0 Å². The van der Waals surface area contributed by atoms with Gasteiger partial charge in [-0.3, -0.25) is 9.69 Å². The van der Waals surface area contributed by atoms with Crippen molar-refractivity contribution in [3.05, 3.63) is 72.4 Å². The molecule has 1 fully saturated rings. The number of hydrogen-bond acceptors (Lipinski definition) is 7. The lowest BCUT2D eigenvalue weighted by molar-refractivity contribution is 0.0951. The van der Waals surface area contributed by atoms with E-state index in [1.54, 1.807) is 18.0 Å². The second kappa shape index (κ2) is 10.5. The molecule has 5 rings (SSSR count). The Morgan fingerprint density at radius 3 is 2.63 bits per heavy atom. The van der Waals surface area contributed by atoms with E-state index < -0.39 is 0 Å². The molecule has 35 heavy (non-hydrogen) atoms. The van der Waals surface area contributed by atoms with Crippen LogP contribution in [0, 0.1) is 0 Å². The molecule has 0 aliphatic carbocycles. The van der Waals surface area contributed by atoms with Gasteiger partial charge in [0.05, 0.1) is 12.8 Å². The van der Waals surface area contributed by atoms with E-state index in [2.05, 4.69) is 42.5 Å². The van der Waals surface area contributed by atoms with Crippen LogP contribution >= 0.6 is 0 Å². The van der Waals surface area contributed by atoms with E-state index in [1.165, 1.54) is 5.69 Å². The molecule has 2 aromatic heterocycles. The fraction of sp³-hybridized carbons (Fsp3) is 0.308. The number of nitrogens with one attached hydrogen (secondary N) is 1. The van der Waals surface area contributed by atoms with Crippen molar-refractivity contribution in [2.75, 3.05) is 51.3 Å². The number of aromatic nitrogens is 4. The van der Waals surface area contributed by atoms with Crippen molar-refractivity contribution >= 4 is 22.8 Å². The molecule has 0 saturated carbocycles. The van der Waals surface area contributed by atoms with Crippen LogP contribution in [-0.2, 0) is 0 Å². The van der Waals surface area contributed by atoms with Gasteiger partial charge in [-0.25, -0.2) is 4.98 Å². The first-order chi connectivity index (χ1) is 17.2. The summed E-state index contributed by atoms with van der Waals surface area (Å²) in [4.78, 5) is 21.9. The minimum absolute atomic E-state index is 0.0893. The molecule has 9 heteroatoms. The lowest BCUT2D eigenvalue weighted by atomic mass is 10.2. The number of hydrogen-bond donors (Lipinski definition) is 1. The van der Waals surface area contributed by atoms with E-state index in [-0.39, 0.29) is 5.91 Å². The summed E-state index contributed by atoms with van der Waals surface area (Å²) in [6.45, 7) is 5.63. The summed E-state index contributed by atoms with van der Waals surface area (Å²) in [7, 11) is 1.69. The molecule has 1 saturated heterocycles. The Morgan fingerprint density at radius 1 is 1.00 bits per heavy atom. The Morgan fingerprint density at radius 2 is 1.83 bits per heavy atom. The first kappa shape index (κ1) is 22.8. The van der Waals surface area contributed by atoms with Gasteiger partial charge >= 0.3 is 0 Å². The maximum Gasteiger partial charge on any atom is 0.251 e. The third-order valence-electron chi connectivity index (χ3n) is 6.31. The van der Waals surface area contributed by atoms with Crippen LogP contribution in [0.3, 0.4) is 0 Å². The van der Waals surface area contributed by atoms with Crippen molar-refractivity contribution in [1.29, 1.82) is 0 Å². The van der Waals surface area contributed by atoms with Crippen LogP contribution in [0.2, 0.25) is 0 Å². The van der Waals surface area contributed by atoms with Crippen molar-refractivity contribution < 1.29 is 9.53 Å². The fourth-order valence-electron chi connectivity index (χ4n) is 4.35. The van der Waals surface area contributed by atoms with E-state index in [1.807, 2.05) is 48.5 Å². The molecule has 1 N–H and O–H groups in total. The molecule has 0 radical (unpaired) electrons. The molecule has 180 valence electrons. The van der Waals surface area contributed by atoms with Crippen LogP contribution in [0.1, 0.15) is 16.8 Å². The molecule has 1 aliphatic rings. The summed E-state index contributed by atoms with van der Waals surface area (Å²) >= 11 is 0. The van der Waals surface area contributed by atoms with Crippen molar-refractivity contribution in [1.82, 2.24) is 30.2 Å². The Hall–Kier alpha value is -3.98. The third kappa shape index (κ3) is 5.25. The predicted octanol–water partition coefficient (Wildman–Crippen LogP) is 2.77. The number of anilines is 1. The lowest BCUT2D eigenvalue weighted by Gasteiger charge is -2.36. The summed E-state index contributed by atoms with van der Waals surface area (Å²) in [5, 5.41) is 11.4. The smallest absolute Gasteiger partial charge is 0.251 e. The second-order valence-corrected chi connectivity index (χ2v) is 8.53. The van der Waals surface area contributed by atoms with Crippen molar-refractivity contribution in [3.8, 4) is 11.4 Å². The summed E-state index contributed by atoms with van der Waals surface area (Å²) in [6.07, 6.45) is 2.61. The summed E-state index contributed by atoms with van der Waals surface area (Å²) < 4.78 is 6.90. The number of carbonyl (C=O) groups excluding carboxylic acids is 1. The second-order valence-electron chi connectivity index (χ2n) is 8.53. The molecule has 0 spiro atoms. The number of pyridine rings is 1. The number of nitrogens with zero attached hydrogens (tertiary/aromatic N) is 6. The van der Waals surface area contributed by atoms with Crippen molar-refractivity contribution in [3.63, 3.8) is 0 Å². The molecular weight excluding hydrogens is 442 g/mol. The number of rotatable bonds is 8. The number of methoxy groups -OCH3 is 1. The largest absolute Gasteiger partial charge is 0.497 e. The zero-order chi connectivity index (χ0) is 24.0. The van der Waals surface area contributed by atoms with Gasteiger partial charge in [0.15, 0.2) is 5.65 Å². The third-order valence-corrected chi connectivity index (χ3v) is 6.31. The van der Waals surface area contributed by atoms with E-state index in [4.69, 9.17) is 4.74 Å². The molecule has 3 heterocycles. The fourth-order valence-corrected chi connectivity index (χ4v) is 4.35. The molecule has 2 aromatic carbocycles. The highest BCUT2D eigenvalue weighted by molar-refractivity contribution is 5.94. The molecule has 0 atom stereocenters. The van der Waals surface area contributed by atoms with Crippen molar-refractivity contribution in [2.24, 2.45) is 0 Å². The van der Waals surface area contributed by atoms with Gasteiger partial charge in [0.2, 0.25) is 0 Å². The van der Waals surface area contributed by atoms with Crippen LogP contribution in [0.25, 0.3) is 16.9 Å². The number of benzene rings is 2. The van der Waals surface area contributed by atoms with E-state index in [0.717, 1.165) is 50.6 Å². The molecule has 9 nitrogen and oxygen atoms in total. The minimum atomic E-state index is -0.0893. The summed E-state index contributed by atoms with van der Waals surface area (Å²) in [5.41, 5.74) is 3.96. The van der Waals surface area contributed by atoms with Crippen LogP contribution in [0.4, 0.5) is 5.69 Å². The van der Waals surface area contributed by atoms with Gasteiger partial charge in [-0.2, -0.15) is 4.68 Å². The highest BCUT2D eigenvalue weighted by Gasteiger charge is 2.17. The number of fused-ring (bicyclic) bond motifs is 1. The normalized spacial score (nSPS) is 14.3. The Kier molecular flexibility index (Phi) is 6.85. The average molecular weight is 472 g/mol. The summed E-state index contributed by atoms with van der Waals surface area (Å²) in [6, 6.07) is 19.3. The average Bonchev–Trinajstić information content (AvgIpc) is 3.36.